The van der Waals surface area contributed by atoms with Crippen molar-refractivity contribution in [3.05, 3.63) is 47.5 Å². The molecule has 0 unspecified atom stereocenters. The smallest absolute Gasteiger partial charge is 0.124 e. The van der Waals surface area contributed by atoms with Crippen LogP contribution in [0.3, 0.4) is 0 Å². The van der Waals surface area contributed by atoms with Crippen molar-refractivity contribution in [2.24, 2.45) is 10.4 Å². The Balaban J connectivity index is 2.37. The molecule has 22 heavy (non-hydrogen) atoms. The van der Waals surface area contributed by atoms with Crippen LogP contribution in [0.5, 0.6) is 5.75 Å². The van der Waals surface area contributed by atoms with Gasteiger partial charge in [0.25, 0.3) is 0 Å². The van der Waals surface area contributed by atoms with E-state index < -0.39 is 0 Å². The highest BCUT2D eigenvalue weighted by Gasteiger charge is 2.24. The van der Waals surface area contributed by atoms with Crippen LogP contribution in [0.4, 0.5) is 0 Å². The van der Waals surface area contributed by atoms with Gasteiger partial charge in [-0.2, -0.15) is 0 Å². The number of benzene rings is 1. The third-order valence-electron chi connectivity index (χ3n) is 3.54. The molecule has 0 amide bonds. The lowest BCUT2D eigenvalue weighted by Crippen LogP contribution is -2.24. The first kappa shape index (κ1) is 16.3. The second-order valence-corrected chi connectivity index (χ2v) is 6.88. The summed E-state index contributed by atoms with van der Waals surface area (Å²) >= 11 is 0. The Morgan fingerprint density at radius 1 is 1.36 bits per heavy atom. The predicted molar refractivity (Wildman–Crippen MR) is 90.6 cm³/mol. The molecule has 4 heteroatoms. The maximum atomic E-state index is 10.2. The number of rotatable bonds is 4. The number of hydrogen-bond acceptors (Lipinski definition) is 3. The van der Waals surface area contributed by atoms with E-state index >= 15 is 0 Å². The van der Waals surface area contributed by atoms with Crippen molar-refractivity contribution in [3.8, 4) is 5.75 Å². The van der Waals surface area contributed by atoms with Gasteiger partial charge in [0.2, 0.25) is 0 Å². The molecule has 0 aliphatic carbocycles. The number of aryl methyl sites for hydroxylation is 1. The van der Waals surface area contributed by atoms with Crippen LogP contribution in [0.25, 0.3) is 0 Å². The zero-order chi connectivity index (χ0) is 16.3. The van der Waals surface area contributed by atoms with Crippen molar-refractivity contribution >= 4 is 5.71 Å². The maximum Gasteiger partial charge on any atom is 0.124 e. The van der Waals surface area contributed by atoms with E-state index in [9.17, 15) is 5.11 Å². The molecule has 0 spiro atoms. The first-order chi connectivity index (χ1) is 10.3. The number of hydrogen-bond donors (Lipinski definition) is 2. The summed E-state index contributed by atoms with van der Waals surface area (Å²) in [5.41, 5.74) is 3.79. The lowest BCUT2D eigenvalue weighted by atomic mass is 9.84. The number of nitrogens with zero attached hydrogens (tertiary/aromatic N) is 2. The molecule has 118 valence electrons. The van der Waals surface area contributed by atoms with Gasteiger partial charge in [-0.15, -0.1) is 0 Å². The van der Waals surface area contributed by atoms with Crippen LogP contribution in [-0.2, 0) is 6.42 Å². The van der Waals surface area contributed by atoms with Crippen LogP contribution < -0.4 is 0 Å². The first-order valence-corrected chi connectivity index (χ1v) is 7.63. The SMILES string of the molecule is Cc1ccc(O)c(C(=N[C@H](C)Cc2cnc[nH]2)C(C)(C)C)c1. The van der Waals surface area contributed by atoms with E-state index in [0.717, 1.165) is 29.0 Å². The maximum absolute atomic E-state index is 10.2. The Morgan fingerprint density at radius 2 is 2.09 bits per heavy atom. The van der Waals surface area contributed by atoms with E-state index in [2.05, 4.69) is 37.7 Å². The van der Waals surface area contributed by atoms with Crippen LogP contribution in [0.1, 0.15) is 44.5 Å². The molecule has 1 aromatic heterocycles. The predicted octanol–water partition coefficient (Wildman–Crippen LogP) is 3.89. The standard InChI is InChI=1S/C18H25N3O/c1-12-6-7-16(22)15(8-12)17(18(3,4)5)21-13(2)9-14-10-19-11-20-14/h6-8,10-11,13,22H,9H2,1-5H3,(H,19,20)/t13-/m1/s1. The third kappa shape index (κ3) is 3.97. The van der Waals surface area contributed by atoms with Gasteiger partial charge >= 0.3 is 0 Å². The summed E-state index contributed by atoms with van der Waals surface area (Å²) in [6.07, 6.45) is 4.31. The molecule has 1 atom stereocenters. The van der Waals surface area contributed by atoms with Crippen molar-refractivity contribution in [1.82, 2.24) is 9.97 Å². The molecule has 0 fully saturated rings. The van der Waals surface area contributed by atoms with Gasteiger partial charge in [-0.25, -0.2) is 4.98 Å². The Kier molecular flexibility index (Phi) is 4.69. The summed E-state index contributed by atoms with van der Waals surface area (Å²) < 4.78 is 0. The topological polar surface area (TPSA) is 61.3 Å². The fourth-order valence-corrected chi connectivity index (χ4v) is 2.49. The van der Waals surface area contributed by atoms with Gasteiger partial charge in [-0.1, -0.05) is 32.4 Å². The molecular weight excluding hydrogens is 274 g/mol. The van der Waals surface area contributed by atoms with E-state index in [4.69, 9.17) is 4.99 Å². The number of aromatic hydroxyl groups is 1. The monoisotopic (exact) mass is 299 g/mol. The summed E-state index contributed by atoms with van der Waals surface area (Å²) in [5.74, 6) is 0.285. The van der Waals surface area contributed by atoms with Gasteiger partial charge < -0.3 is 10.1 Å². The van der Waals surface area contributed by atoms with Gasteiger partial charge in [0, 0.05) is 29.3 Å². The minimum Gasteiger partial charge on any atom is -0.507 e. The summed E-state index contributed by atoms with van der Waals surface area (Å²) in [6, 6.07) is 5.76. The Hall–Kier alpha value is -2.10. The van der Waals surface area contributed by atoms with Crippen LogP contribution in [0.2, 0.25) is 0 Å². The van der Waals surface area contributed by atoms with Crippen molar-refractivity contribution in [2.45, 2.75) is 47.1 Å². The second-order valence-electron chi connectivity index (χ2n) is 6.88. The quantitative estimate of drug-likeness (QED) is 0.841. The molecule has 2 rings (SSSR count). The number of phenols is 1. The Bertz CT molecular complexity index is 651. The average molecular weight is 299 g/mol. The lowest BCUT2D eigenvalue weighted by molar-refractivity contribution is 0.471. The number of H-pyrrole nitrogens is 1. The molecule has 2 N–H and O–H groups in total. The van der Waals surface area contributed by atoms with Crippen molar-refractivity contribution < 1.29 is 5.11 Å². The van der Waals surface area contributed by atoms with Gasteiger partial charge in [-0.3, -0.25) is 4.99 Å². The van der Waals surface area contributed by atoms with Gasteiger partial charge in [0.15, 0.2) is 0 Å². The highest BCUT2D eigenvalue weighted by molar-refractivity contribution is 6.06. The largest absolute Gasteiger partial charge is 0.507 e. The molecule has 0 bridgehead atoms. The molecule has 2 aromatic rings. The lowest BCUT2D eigenvalue weighted by Gasteiger charge is -2.24. The zero-order valence-corrected chi connectivity index (χ0v) is 14.0. The van der Waals surface area contributed by atoms with Gasteiger partial charge in [0.05, 0.1) is 18.1 Å². The number of imidazole rings is 1. The molecule has 1 heterocycles. The molecule has 0 saturated carbocycles. The van der Waals surface area contributed by atoms with Crippen molar-refractivity contribution in [2.75, 3.05) is 0 Å². The second kappa shape index (κ2) is 6.34. The molecule has 4 nitrogen and oxygen atoms in total. The normalized spacial score (nSPS) is 14.1. The third-order valence-corrected chi connectivity index (χ3v) is 3.54. The van der Waals surface area contributed by atoms with E-state index in [1.165, 1.54) is 0 Å². The van der Waals surface area contributed by atoms with Crippen molar-refractivity contribution in [1.29, 1.82) is 0 Å². The zero-order valence-electron chi connectivity index (χ0n) is 14.0. The van der Waals surface area contributed by atoms with Gasteiger partial charge in [-0.05, 0) is 26.0 Å². The Morgan fingerprint density at radius 3 is 2.68 bits per heavy atom. The highest BCUT2D eigenvalue weighted by Crippen LogP contribution is 2.29. The molecule has 0 saturated heterocycles. The fourth-order valence-electron chi connectivity index (χ4n) is 2.49. The number of aromatic amines is 1. The number of aliphatic imine (C=N–C) groups is 1. The van der Waals surface area contributed by atoms with E-state index in [1.807, 2.05) is 25.3 Å². The summed E-state index contributed by atoms with van der Waals surface area (Å²) in [4.78, 5) is 12.1. The van der Waals surface area contributed by atoms with E-state index in [0.29, 0.717) is 0 Å². The molecule has 0 aliphatic rings. The fraction of sp³-hybridized carbons (Fsp3) is 0.444. The molecule has 0 radical (unpaired) electrons. The average Bonchev–Trinajstić information content (AvgIpc) is 2.90. The minimum absolute atomic E-state index is 0.106. The highest BCUT2D eigenvalue weighted by atomic mass is 16.3. The molecular formula is C18H25N3O. The van der Waals surface area contributed by atoms with Crippen LogP contribution in [0.15, 0.2) is 35.7 Å². The van der Waals surface area contributed by atoms with Gasteiger partial charge in [0.1, 0.15) is 5.75 Å². The Labute approximate surface area is 132 Å². The number of nitrogens with one attached hydrogen (secondary N) is 1. The number of phenolic OH excluding ortho intramolecular Hbond substituents is 1. The summed E-state index contributed by atoms with van der Waals surface area (Å²) in [6.45, 7) is 10.5. The minimum atomic E-state index is -0.145. The number of aromatic nitrogens is 2. The van der Waals surface area contributed by atoms with E-state index in [1.54, 1.807) is 12.4 Å². The first-order valence-electron chi connectivity index (χ1n) is 7.63. The molecule has 0 aliphatic heterocycles. The summed E-state index contributed by atoms with van der Waals surface area (Å²) in [7, 11) is 0. The van der Waals surface area contributed by atoms with Crippen LogP contribution in [-0.4, -0.2) is 26.8 Å². The van der Waals surface area contributed by atoms with Crippen LogP contribution in [0, 0.1) is 12.3 Å². The molecule has 1 aromatic carbocycles. The van der Waals surface area contributed by atoms with Crippen molar-refractivity contribution in [3.63, 3.8) is 0 Å². The van der Waals surface area contributed by atoms with Crippen LogP contribution >= 0.6 is 0 Å². The van der Waals surface area contributed by atoms with E-state index in [-0.39, 0.29) is 17.2 Å². The summed E-state index contributed by atoms with van der Waals surface area (Å²) in [5, 5.41) is 10.2.